The van der Waals surface area contributed by atoms with Crippen molar-refractivity contribution in [3.63, 3.8) is 0 Å². The number of ether oxygens (including phenoxy) is 1. The Morgan fingerprint density at radius 3 is 2.69 bits per heavy atom. The summed E-state index contributed by atoms with van der Waals surface area (Å²) in [6.45, 7) is 12.3. The smallest absolute Gasteiger partial charge is 0.160 e. The number of fused-ring (bicyclic) bond motifs is 1. The maximum Gasteiger partial charge on any atom is 0.160 e. The van der Waals surface area contributed by atoms with E-state index in [0.29, 0.717) is 11.9 Å². The van der Waals surface area contributed by atoms with Crippen LogP contribution in [0, 0.1) is 0 Å². The van der Waals surface area contributed by atoms with E-state index in [2.05, 4.69) is 66.7 Å². The predicted molar refractivity (Wildman–Crippen MR) is 122 cm³/mol. The molecule has 6 heteroatoms. The molecule has 3 atom stereocenters. The molecule has 1 aromatic heterocycles. The van der Waals surface area contributed by atoms with Crippen molar-refractivity contribution in [1.82, 2.24) is 9.88 Å². The highest BCUT2D eigenvalue weighted by Gasteiger charge is 2.44. The van der Waals surface area contributed by atoms with Crippen molar-refractivity contribution in [2.45, 2.75) is 45.0 Å². The van der Waals surface area contributed by atoms with Crippen LogP contribution in [0.4, 0.5) is 5.69 Å². The van der Waals surface area contributed by atoms with Gasteiger partial charge in [-0.1, -0.05) is 30.8 Å². The topological polar surface area (TPSA) is 41.0 Å². The van der Waals surface area contributed by atoms with Gasteiger partial charge in [-0.25, -0.2) is 0 Å². The lowest BCUT2D eigenvalue weighted by Gasteiger charge is -2.30. The highest BCUT2D eigenvalue weighted by atomic mass is 32.2. The van der Waals surface area contributed by atoms with E-state index in [0.717, 1.165) is 36.2 Å². The van der Waals surface area contributed by atoms with Gasteiger partial charge >= 0.3 is 0 Å². The lowest BCUT2D eigenvalue weighted by Crippen LogP contribution is -2.29. The average Bonchev–Trinajstić information content (AvgIpc) is 3.26. The summed E-state index contributed by atoms with van der Waals surface area (Å²) in [7, 11) is 0. The summed E-state index contributed by atoms with van der Waals surface area (Å²) in [5.41, 5.74) is 3.43. The standard InChI is InChI=1S/C23H30N4OS/c1-5-26(6-2)17-11-12-18(20(14-17)28-7-3)22-21(19-10-8-9-13-24-19)25-23-27(22)15-16(4)29-23/h8-14,16,21-22H,5-7,15H2,1-4H3/t16-,21+,22+/m0/s1. The molecule has 2 aliphatic rings. The zero-order chi connectivity index (χ0) is 20.4. The molecule has 4 rings (SSSR count). The quantitative estimate of drug-likeness (QED) is 0.648. The minimum absolute atomic E-state index is 0.00953. The van der Waals surface area contributed by atoms with Crippen molar-refractivity contribution in [3.05, 3.63) is 53.9 Å². The minimum atomic E-state index is -0.00953. The zero-order valence-corrected chi connectivity index (χ0v) is 18.5. The second-order valence-corrected chi connectivity index (χ2v) is 8.87. The fourth-order valence-corrected chi connectivity index (χ4v) is 5.38. The fourth-order valence-electron chi connectivity index (χ4n) is 4.29. The second-order valence-electron chi connectivity index (χ2n) is 7.46. The minimum Gasteiger partial charge on any atom is -0.493 e. The average molecular weight is 411 g/mol. The van der Waals surface area contributed by atoms with Crippen LogP contribution in [0.3, 0.4) is 0 Å². The number of amidine groups is 1. The van der Waals surface area contributed by atoms with E-state index >= 15 is 0 Å². The maximum atomic E-state index is 6.16. The molecule has 0 radical (unpaired) electrons. The summed E-state index contributed by atoms with van der Waals surface area (Å²) < 4.78 is 6.16. The largest absolute Gasteiger partial charge is 0.493 e. The number of hydrogen-bond donors (Lipinski definition) is 0. The van der Waals surface area contributed by atoms with E-state index in [-0.39, 0.29) is 12.1 Å². The number of benzene rings is 1. The van der Waals surface area contributed by atoms with Crippen molar-refractivity contribution in [3.8, 4) is 5.75 Å². The van der Waals surface area contributed by atoms with Crippen LogP contribution in [0.2, 0.25) is 0 Å². The molecule has 0 aliphatic carbocycles. The van der Waals surface area contributed by atoms with Crippen LogP contribution in [-0.2, 0) is 0 Å². The van der Waals surface area contributed by atoms with E-state index in [1.54, 1.807) is 0 Å². The molecule has 154 valence electrons. The molecule has 1 saturated heterocycles. The van der Waals surface area contributed by atoms with E-state index in [1.807, 2.05) is 30.1 Å². The van der Waals surface area contributed by atoms with Gasteiger partial charge in [0.25, 0.3) is 0 Å². The molecular formula is C23H30N4OS. The van der Waals surface area contributed by atoms with Gasteiger partial charge in [-0.05, 0) is 39.0 Å². The Morgan fingerprint density at radius 2 is 2.00 bits per heavy atom. The van der Waals surface area contributed by atoms with Gasteiger partial charge in [-0.15, -0.1) is 0 Å². The summed E-state index contributed by atoms with van der Waals surface area (Å²) in [6.07, 6.45) is 1.86. The second kappa shape index (κ2) is 8.66. The molecule has 0 unspecified atom stereocenters. The van der Waals surface area contributed by atoms with Crippen LogP contribution >= 0.6 is 11.8 Å². The van der Waals surface area contributed by atoms with Crippen LogP contribution < -0.4 is 9.64 Å². The van der Waals surface area contributed by atoms with Crippen molar-refractivity contribution in [2.75, 3.05) is 31.1 Å². The molecule has 0 spiro atoms. The van der Waals surface area contributed by atoms with Crippen molar-refractivity contribution < 1.29 is 4.74 Å². The van der Waals surface area contributed by atoms with Crippen LogP contribution in [-0.4, -0.2) is 46.5 Å². The van der Waals surface area contributed by atoms with E-state index in [4.69, 9.17) is 9.73 Å². The van der Waals surface area contributed by atoms with Crippen molar-refractivity contribution in [1.29, 1.82) is 0 Å². The first kappa shape index (κ1) is 20.1. The molecule has 5 nitrogen and oxygen atoms in total. The molecule has 2 aromatic rings. The van der Waals surface area contributed by atoms with Gasteiger partial charge in [0.05, 0.1) is 18.3 Å². The first-order valence-corrected chi connectivity index (χ1v) is 11.5. The summed E-state index contributed by atoms with van der Waals surface area (Å²) in [6, 6.07) is 12.9. The van der Waals surface area contributed by atoms with Crippen LogP contribution in [0.1, 0.15) is 51.0 Å². The lowest BCUT2D eigenvalue weighted by atomic mass is 9.95. The first-order valence-electron chi connectivity index (χ1n) is 10.6. The molecular weight excluding hydrogens is 380 g/mol. The number of anilines is 1. The number of aliphatic imine (C=N–C) groups is 1. The fraction of sp³-hybridized carbons (Fsp3) is 0.478. The molecule has 0 bridgehead atoms. The molecule has 1 aromatic carbocycles. The third-order valence-corrected chi connectivity index (χ3v) is 6.73. The number of nitrogens with zero attached hydrogens (tertiary/aromatic N) is 4. The molecule has 1 fully saturated rings. The number of pyridine rings is 1. The third-order valence-electron chi connectivity index (χ3n) is 5.63. The summed E-state index contributed by atoms with van der Waals surface area (Å²) in [5, 5.41) is 1.68. The SMILES string of the molecule is CCOc1cc(N(CC)CC)ccc1[C@@H]1[C@@H](c2ccccn2)N=C2S[C@@H](C)CN21. The highest BCUT2D eigenvalue weighted by molar-refractivity contribution is 8.14. The highest BCUT2D eigenvalue weighted by Crippen LogP contribution is 2.50. The van der Waals surface area contributed by atoms with E-state index in [1.165, 1.54) is 11.3 Å². The molecule has 0 amide bonds. The van der Waals surface area contributed by atoms with Crippen molar-refractivity contribution in [2.24, 2.45) is 4.99 Å². The Balaban J connectivity index is 1.78. The third kappa shape index (κ3) is 3.82. The number of thioether (sulfide) groups is 1. The van der Waals surface area contributed by atoms with Crippen LogP contribution in [0.5, 0.6) is 5.75 Å². The molecule has 3 heterocycles. The Bertz CT molecular complexity index is 868. The number of rotatable bonds is 7. The van der Waals surface area contributed by atoms with Crippen LogP contribution in [0.15, 0.2) is 47.6 Å². The van der Waals surface area contributed by atoms with Gasteiger partial charge in [0.2, 0.25) is 0 Å². The van der Waals surface area contributed by atoms with Gasteiger partial charge in [0.1, 0.15) is 11.8 Å². The van der Waals surface area contributed by atoms with Crippen molar-refractivity contribution >= 4 is 22.6 Å². The number of hydrogen-bond acceptors (Lipinski definition) is 6. The van der Waals surface area contributed by atoms with E-state index in [9.17, 15) is 0 Å². The molecule has 29 heavy (non-hydrogen) atoms. The monoisotopic (exact) mass is 410 g/mol. The van der Waals surface area contributed by atoms with Gasteiger partial charge in [-0.2, -0.15) is 0 Å². The van der Waals surface area contributed by atoms with Gasteiger partial charge in [0, 0.05) is 48.4 Å². The summed E-state index contributed by atoms with van der Waals surface area (Å²) >= 11 is 1.87. The normalized spacial score (nSPS) is 23.1. The molecule has 0 saturated carbocycles. The van der Waals surface area contributed by atoms with Gasteiger partial charge in [0.15, 0.2) is 5.17 Å². The van der Waals surface area contributed by atoms with E-state index < -0.39 is 0 Å². The Labute approximate surface area is 178 Å². The predicted octanol–water partition coefficient (Wildman–Crippen LogP) is 4.92. The number of aromatic nitrogens is 1. The lowest BCUT2D eigenvalue weighted by molar-refractivity contribution is 0.292. The Kier molecular flexibility index (Phi) is 5.99. The van der Waals surface area contributed by atoms with Gasteiger partial charge < -0.3 is 14.5 Å². The Morgan fingerprint density at radius 1 is 1.17 bits per heavy atom. The molecule has 2 aliphatic heterocycles. The first-order chi connectivity index (χ1) is 14.2. The zero-order valence-electron chi connectivity index (χ0n) is 17.7. The van der Waals surface area contributed by atoms with Crippen LogP contribution in [0.25, 0.3) is 0 Å². The molecule has 0 N–H and O–H groups in total. The maximum absolute atomic E-state index is 6.16. The summed E-state index contributed by atoms with van der Waals surface area (Å²) in [4.78, 5) is 14.5. The van der Waals surface area contributed by atoms with Gasteiger partial charge in [-0.3, -0.25) is 9.98 Å². The summed E-state index contributed by atoms with van der Waals surface area (Å²) in [5.74, 6) is 0.962. The Hall–Kier alpha value is -2.21.